The summed E-state index contributed by atoms with van der Waals surface area (Å²) in [4.78, 5) is 15.1. The molecule has 0 bridgehead atoms. The second-order valence-corrected chi connectivity index (χ2v) is 12.5. The van der Waals surface area contributed by atoms with E-state index >= 15 is 0 Å². The van der Waals surface area contributed by atoms with Gasteiger partial charge in [0, 0.05) is 50.8 Å². The molecule has 0 atom stereocenters. The van der Waals surface area contributed by atoms with Crippen LogP contribution in [0.3, 0.4) is 0 Å². The normalized spacial score (nSPS) is 13.2. The maximum atomic E-state index is 5.05. The highest BCUT2D eigenvalue weighted by Gasteiger charge is 2.37. The molecular formula is C42H30N4. The van der Waals surface area contributed by atoms with Gasteiger partial charge in [0.05, 0.1) is 22.4 Å². The Kier molecular flexibility index (Phi) is 5.81. The van der Waals surface area contributed by atoms with Gasteiger partial charge in [-0.1, -0.05) is 129 Å². The van der Waals surface area contributed by atoms with Crippen LogP contribution in [0.25, 0.3) is 72.5 Å². The molecule has 3 heterocycles. The summed E-state index contributed by atoms with van der Waals surface area (Å²) >= 11 is 0. The molecule has 0 saturated carbocycles. The van der Waals surface area contributed by atoms with Crippen LogP contribution in [-0.2, 0) is 5.41 Å². The zero-order valence-electron chi connectivity index (χ0n) is 25.6. The third kappa shape index (κ3) is 3.97. The minimum Gasteiger partial charge on any atom is -0.277 e. The predicted octanol–water partition coefficient (Wildman–Crippen LogP) is 10.3. The molecule has 0 amide bonds. The van der Waals surface area contributed by atoms with Crippen molar-refractivity contribution in [3.05, 3.63) is 157 Å². The summed E-state index contributed by atoms with van der Waals surface area (Å²) in [7, 11) is 0. The number of para-hydroxylation sites is 1. The van der Waals surface area contributed by atoms with E-state index < -0.39 is 0 Å². The molecule has 8 aromatic rings. The molecule has 3 aromatic heterocycles. The van der Waals surface area contributed by atoms with E-state index in [9.17, 15) is 0 Å². The first kappa shape index (κ1) is 26.5. The Morgan fingerprint density at radius 2 is 1.13 bits per heavy atom. The summed E-state index contributed by atoms with van der Waals surface area (Å²) in [5, 5.41) is 2.41. The average Bonchev–Trinajstić information content (AvgIpc) is 3.58. The van der Waals surface area contributed by atoms with Crippen molar-refractivity contribution in [2.45, 2.75) is 19.3 Å². The molecule has 0 radical (unpaired) electrons. The smallest absolute Gasteiger partial charge is 0.234 e. The number of nitrogens with zero attached hydrogens (tertiary/aromatic N) is 4. The molecule has 0 saturated heterocycles. The standard InChI is InChI=1S/C42H30N4/c1-42(2)34-19-11-9-18-33(34)39-35(42)22-21-32-31-17-10-12-20-38(31)46(40(32)39)41-43-25-30(26-44-41)29-23-36(27-13-5-3-6-14-27)45-37(24-29)28-15-7-4-8-16-28/h3-26H,1-2H3. The zero-order chi connectivity index (χ0) is 30.8. The number of benzene rings is 5. The average molecular weight is 591 g/mol. The molecule has 4 nitrogen and oxygen atoms in total. The lowest BCUT2D eigenvalue weighted by Crippen LogP contribution is -2.14. The maximum absolute atomic E-state index is 5.05. The van der Waals surface area contributed by atoms with Gasteiger partial charge in [0.25, 0.3) is 0 Å². The molecule has 9 rings (SSSR count). The van der Waals surface area contributed by atoms with Gasteiger partial charge in [-0.15, -0.1) is 0 Å². The lowest BCUT2D eigenvalue weighted by Gasteiger charge is -2.21. The van der Waals surface area contributed by atoms with E-state index in [2.05, 4.69) is 115 Å². The van der Waals surface area contributed by atoms with Crippen LogP contribution in [0.4, 0.5) is 0 Å². The van der Waals surface area contributed by atoms with Crippen LogP contribution in [0.15, 0.2) is 146 Å². The second kappa shape index (κ2) is 10.1. The first-order valence-electron chi connectivity index (χ1n) is 15.7. The quantitative estimate of drug-likeness (QED) is 0.205. The van der Waals surface area contributed by atoms with E-state index in [0.717, 1.165) is 44.7 Å². The van der Waals surface area contributed by atoms with Crippen molar-refractivity contribution in [1.29, 1.82) is 0 Å². The highest BCUT2D eigenvalue weighted by molar-refractivity contribution is 6.15. The zero-order valence-corrected chi connectivity index (χ0v) is 25.6. The first-order valence-corrected chi connectivity index (χ1v) is 15.7. The molecule has 0 spiro atoms. The van der Waals surface area contributed by atoms with Gasteiger partial charge in [-0.2, -0.15) is 0 Å². The molecule has 5 aromatic carbocycles. The molecular weight excluding hydrogens is 560 g/mol. The van der Waals surface area contributed by atoms with Gasteiger partial charge in [-0.25, -0.2) is 15.0 Å². The highest BCUT2D eigenvalue weighted by atomic mass is 15.2. The summed E-state index contributed by atoms with van der Waals surface area (Å²) < 4.78 is 2.25. The maximum Gasteiger partial charge on any atom is 0.234 e. The van der Waals surface area contributed by atoms with E-state index in [1.807, 2.05) is 48.8 Å². The SMILES string of the molecule is CC1(C)c2ccccc2-c2c1ccc1c3ccccc3n(-c3ncc(-c4cc(-c5ccccc5)nc(-c5ccccc5)c4)cn3)c21. The molecule has 0 unspecified atom stereocenters. The van der Waals surface area contributed by atoms with Gasteiger partial charge in [-0.3, -0.25) is 4.57 Å². The Morgan fingerprint density at radius 1 is 0.522 bits per heavy atom. The predicted molar refractivity (Wildman–Crippen MR) is 188 cm³/mol. The van der Waals surface area contributed by atoms with Crippen LogP contribution >= 0.6 is 0 Å². The van der Waals surface area contributed by atoms with Gasteiger partial charge in [-0.05, 0) is 40.5 Å². The number of pyridine rings is 1. The van der Waals surface area contributed by atoms with Crippen molar-refractivity contribution in [1.82, 2.24) is 19.5 Å². The topological polar surface area (TPSA) is 43.6 Å². The third-order valence-electron chi connectivity index (χ3n) is 9.52. The summed E-state index contributed by atoms with van der Waals surface area (Å²) in [6.07, 6.45) is 3.89. The summed E-state index contributed by atoms with van der Waals surface area (Å²) in [6, 6.07) is 46.9. The van der Waals surface area contributed by atoms with Crippen molar-refractivity contribution in [3.63, 3.8) is 0 Å². The Labute approximate surface area is 267 Å². The van der Waals surface area contributed by atoms with Crippen LogP contribution in [0.2, 0.25) is 0 Å². The van der Waals surface area contributed by atoms with Gasteiger partial charge < -0.3 is 0 Å². The molecule has 0 fully saturated rings. The fourth-order valence-corrected chi connectivity index (χ4v) is 7.25. The summed E-state index contributed by atoms with van der Waals surface area (Å²) in [6.45, 7) is 4.65. The lowest BCUT2D eigenvalue weighted by atomic mass is 9.82. The molecule has 218 valence electrons. The van der Waals surface area contributed by atoms with Gasteiger partial charge in [0.2, 0.25) is 5.95 Å². The molecule has 4 heteroatoms. The Balaban J connectivity index is 1.24. The summed E-state index contributed by atoms with van der Waals surface area (Å²) in [5.74, 6) is 0.658. The fourth-order valence-electron chi connectivity index (χ4n) is 7.25. The van der Waals surface area contributed by atoms with Crippen molar-refractivity contribution in [2.24, 2.45) is 0 Å². The van der Waals surface area contributed by atoms with Gasteiger partial charge in [0.15, 0.2) is 0 Å². The number of hydrogen-bond acceptors (Lipinski definition) is 3. The Morgan fingerprint density at radius 3 is 1.83 bits per heavy atom. The van der Waals surface area contributed by atoms with E-state index in [1.54, 1.807) is 0 Å². The number of aromatic nitrogens is 4. The first-order chi connectivity index (χ1) is 22.6. The minimum absolute atomic E-state index is 0.0968. The molecule has 0 aliphatic heterocycles. The van der Waals surface area contributed by atoms with Crippen LogP contribution in [0.1, 0.15) is 25.0 Å². The third-order valence-corrected chi connectivity index (χ3v) is 9.52. The highest BCUT2D eigenvalue weighted by Crippen LogP contribution is 2.52. The summed E-state index contributed by atoms with van der Waals surface area (Å²) in [5.41, 5.74) is 13.4. The largest absolute Gasteiger partial charge is 0.277 e. The fraction of sp³-hybridized carbons (Fsp3) is 0.0714. The van der Waals surface area contributed by atoms with Crippen molar-refractivity contribution in [3.8, 4) is 50.7 Å². The van der Waals surface area contributed by atoms with E-state index in [-0.39, 0.29) is 5.41 Å². The number of hydrogen-bond donors (Lipinski definition) is 0. The van der Waals surface area contributed by atoms with Crippen molar-refractivity contribution >= 4 is 21.8 Å². The van der Waals surface area contributed by atoms with Gasteiger partial charge >= 0.3 is 0 Å². The molecule has 46 heavy (non-hydrogen) atoms. The van der Waals surface area contributed by atoms with Crippen LogP contribution in [0.5, 0.6) is 0 Å². The van der Waals surface area contributed by atoms with E-state index in [4.69, 9.17) is 15.0 Å². The lowest BCUT2D eigenvalue weighted by molar-refractivity contribution is 0.661. The minimum atomic E-state index is -0.0968. The van der Waals surface area contributed by atoms with Crippen LogP contribution in [-0.4, -0.2) is 19.5 Å². The Hall–Kier alpha value is -5.87. The van der Waals surface area contributed by atoms with E-state index in [0.29, 0.717) is 5.95 Å². The Bertz CT molecular complexity index is 2360. The molecule has 0 N–H and O–H groups in total. The van der Waals surface area contributed by atoms with Crippen molar-refractivity contribution < 1.29 is 0 Å². The van der Waals surface area contributed by atoms with Gasteiger partial charge in [0.1, 0.15) is 0 Å². The molecule has 1 aliphatic carbocycles. The van der Waals surface area contributed by atoms with Crippen LogP contribution < -0.4 is 0 Å². The second-order valence-electron chi connectivity index (χ2n) is 12.5. The number of fused-ring (bicyclic) bond motifs is 7. The molecule has 1 aliphatic rings. The van der Waals surface area contributed by atoms with Crippen LogP contribution in [0, 0.1) is 0 Å². The monoisotopic (exact) mass is 590 g/mol. The number of rotatable bonds is 4. The van der Waals surface area contributed by atoms with E-state index in [1.165, 1.54) is 33.0 Å². The van der Waals surface area contributed by atoms with Crippen molar-refractivity contribution in [2.75, 3.05) is 0 Å².